The Labute approximate surface area is 154 Å². The summed E-state index contributed by atoms with van der Waals surface area (Å²) in [7, 11) is 3.07. The second-order valence-electron chi connectivity index (χ2n) is 5.83. The number of hydrogen-bond acceptors (Lipinski definition) is 3. The molecule has 0 heterocycles. The standard InChI is InChI=1S/C20H24ClNO3/c1-4-5-6-14-7-9-15(10-8-14)11-20(23)22-17-12-16(21)18(24-2)13-19(17)25-3/h7-10,12-13H,4-6,11H2,1-3H3,(H,22,23). The first kappa shape index (κ1) is 19.1. The maximum absolute atomic E-state index is 12.3. The van der Waals surface area contributed by atoms with Crippen LogP contribution in [-0.2, 0) is 17.6 Å². The molecule has 0 radical (unpaired) electrons. The van der Waals surface area contributed by atoms with Gasteiger partial charge in [-0.3, -0.25) is 4.79 Å². The van der Waals surface area contributed by atoms with Crippen molar-refractivity contribution < 1.29 is 14.3 Å². The summed E-state index contributed by atoms with van der Waals surface area (Å²) in [4.78, 5) is 12.3. The largest absolute Gasteiger partial charge is 0.495 e. The van der Waals surface area contributed by atoms with Crippen LogP contribution < -0.4 is 14.8 Å². The summed E-state index contributed by atoms with van der Waals surface area (Å²) in [6, 6.07) is 11.5. The fourth-order valence-electron chi connectivity index (χ4n) is 2.54. The van der Waals surface area contributed by atoms with Crippen LogP contribution in [0, 0.1) is 0 Å². The summed E-state index contributed by atoms with van der Waals surface area (Å²) < 4.78 is 10.5. The number of nitrogens with one attached hydrogen (secondary N) is 1. The number of aryl methyl sites for hydroxylation is 1. The zero-order valence-electron chi connectivity index (χ0n) is 14.9. The number of hydrogen-bond donors (Lipinski definition) is 1. The third-order valence-corrected chi connectivity index (χ3v) is 4.25. The third kappa shape index (κ3) is 5.40. The number of anilines is 1. The van der Waals surface area contributed by atoms with Crippen molar-refractivity contribution in [1.29, 1.82) is 0 Å². The van der Waals surface area contributed by atoms with Crippen molar-refractivity contribution in [2.24, 2.45) is 0 Å². The molecule has 25 heavy (non-hydrogen) atoms. The molecular formula is C20H24ClNO3. The Morgan fingerprint density at radius 3 is 2.28 bits per heavy atom. The predicted molar refractivity (Wildman–Crippen MR) is 102 cm³/mol. The van der Waals surface area contributed by atoms with Crippen molar-refractivity contribution in [3.05, 3.63) is 52.5 Å². The molecule has 2 aromatic rings. The number of unbranched alkanes of at least 4 members (excludes halogenated alkanes) is 1. The number of methoxy groups -OCH3 is 2. The van der Waals surface area contributed by atoms with E-state index in [9.17, 15) is 4.79 Å². The van der Waals surface area contributed by atoms with Crippen molar-refractivity contribution in [1.82, 2.24) is 0 Å². The van der Waals surface area contributed by atoms with Gasteiger partial charge >= 0.3 is 0 Å². The van der Waals surface area contributed by atoms with E-state index >= 15 is 0 Å². The van der Waals surface area contributed by atoms with Gasteiger partial charge in [-0.05, 0) is 30.0 Å². The highest BCUT2D eigenvalue weighted by Crippen LogP contribution is 2.35. The molecule has 0 aliphatic rings. The van der Waals surface area contributed by atoms with Crippen molar-refractivity contribution in [2.75, 3.05) is 19.5 Å². The van der Waals surface area contributed by atoms with Crippen LogP contribution in [0.3, 0.4) is 0 Å². The van der Waals surface area contributed by atoms with E-state index in [1.807, 2.05) is 12.1 Å². The smallest absolute Gasteiger partial charge is 0.228 e. The van der Waals surface area contributed by atoms with Crippen LogP contribution in [0.15, 0.2) is 36.4 Å². The summed E-state index contributed by atoms with van der Waals surface area (Å²) in [5.74, 6) is 0.879. The number of carbonyl (C=O) groups is 1. The highest BCUT2D eigenvalue weighted by Gasteiger charge is 2.13. The van der Waals surface area contributed by atoms with Gasteiger partial charge < -0.3 is 14.8 Å². The molecule has 0 spiro atoms. The molecular weight excluding hydrogens is 338 g/mol. The highest BCUT2D eigenvalue weighted by atomic mass is 35.5. The minimum atomic E-state index is -0.124. The van der Waals surface area contributed by atoms with E-state index in [1.54, 1.807) is 12.1 Å². The van der Waals surface area contributed by atoms with Gasteiger partial charge in [0, 0.05) is 6.07 Å². The van der Waals surface area contributed by atoms with Crippen LogP contribution in [0.2, 0.25) is 5.02 Å². The van der Waals surface area contributed by atoms with E-state index in [0.29, 0.717) is 28.6 Å². The molecule has 0 atom stereocenters. The molecule has 134 valence electrons. The Hall–Kier alpha value is -2.20. The van der Waals surface area contributed by atoms with Crippen LogP contribution in [0.25, 0.3) is 0 Å². The molecule has 1 N–H and O–H groups in total. The molecule has 0 saturated heterocycles. The Morgan fingerprint density at radius 1 is 1.04 bits per heavy atom. The summed E-state index contributed by atoms with van der Waals surface area (Å²) in [5, 5.41) is 3.26. The molecule has 4 nitrogen and oxygen atoms in total. The number of benzene rings is 2. The average molecular weight is 362 g/mol. The van der Waals surface area contributed by atoms with Gasteiger partial charge in [-0.15, -0.1) is 0 Å². The van der Waals surface area contributed by atoms with Crippen molar-refractivity contribution in [2.45, 2.75) is 32.6 Å². The lowest BCUT2D eigenvalue weighted by molar-refractivity contribution is -0.115. The second-order valence-corrected chi connectivity index (χ2v) is 6.24. The zero-order chi connectivity index (χ0) is 18.2. The minimum Gasteiger partial charge on any atom is -0.495 e. The molecule has 2 rings (SSSR count). The molecule has 0 aliphatic carbocycles. The molecule has 0 unspecified atom stereocenters. The molecule has 0 aromatic heterocycles. The van der Waals surface area contributed by atoms with Crippen LogP contribution >= 0.6 is 11.6 Å². The van der Waals surface area contributed by atoms with Gasteiger partial charge in [0.1, 0.15) is 11.5 Å². The van der Waals surface area contributed by atoms with Crippen LogP contribution in [-0.4, -0.2) is 20.1 Å². The van der Waals surface area contributed by atoms with Crippen LogP contribution in [0.5, 0.6) is 11.5 Å². The second kappa shape index (κ2) is 9.33. The number of amides is 1. The molecule has 5 heteroatoms. The van der Waals surface area contributed by atoms with Crippen LogP contribution in [0.1, 0.15) is 30.9 Å². The molecule has 0 bridgehead atoms. The first-order valence-electron chi connectivity index (χ1n) is 8.36. The maximum atomic E-state index is 12.3. The number of carbonyl (C=O) groups excluding carboxylic acids is 1. The first-order chi connectivity index (χ1) is 12.1. The Bertz CT molecular complexity index is 714. The van der Waals surface area contributed by atoms with Gasteiger partial charge in [-0.25, -0.2) is 0 Å². The molecule has 2 aromatic carbocycles. The van der Waals surface area contributed by atoms with Crippen molar-refractivity contribution >= 4 is 23.2 Å². The molecule has 0 aliphatic heterocycles. The van der Waals surface area contributed by atoms with Gasteiger partial charge in [-0.1, -0.05) is 49.2 Å². The number of rotatable bonds is 8. The topological polar surface area (TPSA) is 47.6 Å². The van der Waals surface area contributed by atoms with Crippen LogP contribution in [0.4, 0.5) is 5.69 Å². The highest BCUT2D eigenvalue weighted by molar-refractivity contribution is 6.32. The van der Waals surface area contributed by atoms with Gasteiger partial charge in [0.25, 0.3) is 0 Å². The van der Waals surface area contributed by atoms with Gasteiger partial charge in [0.15, 0.2) is 0 Å². The lowest BCUT2D eigenvalue weighted by atomic mass is 10.0. The van der Waals surface area contributed by atoms with E-state index < -0.39 is 0 Å². The quantitative estimate of drug-likeness (QED) is 0.728. The predicted octanol–water partition coefficient (Wildman–Crippen LogP) is 4.88. The number of halogens is 1. The van der Waals surface area contributed by atoms with Gasteiger partial charge in [0.05, 0.1) is 31.4 Å². The summed E-state index contributed by atoms with van der Waals surface area (Å²) in [6.45, 7) is 2.18. The van der Waals surface area contributed by atoms with E-state index in [1.165, 1.54) is 32.6 Å². The van der Waals surface area contributed by atoms with E-state index in [2.05, 4.69) is 24.4 Å². The number of ether oxygens (including phenoxy) is 2. The zero-order valence-corrected chi connectivity index (χ0v) is 15.7. The van der Waals surface area contributed by atoms with Crippen molar-refractivity contribution in [3.63, 3.8) is 0 Å². The first-order valence-corrected chi connectivity index (χ1v) is 8.74. The monoisotopic (exact) mass is 361 g/mol. The normalized spacial score (nSPS) is 10.4. The van der Waals surface area contributed by atoms with E-state index in [4.69, 9.17) is 21.1 Å². The Morgan fingerprint density at radius 2 is 1.68 bits per heavy atom. The lowest BCUT2D eigenvalue weighted by Crippen LogP contribution is -2.15. The van der Waals surface area contributed by atoms with E-state index in [0.717, 1.165) is 12.0 Å². The average Bonchev–Trinajstić information content (AvgIpc) is 2.61. The fourth-order valence-corrected chi connectivity index (χ4v) is 2.78. The third-order valence-electron chi connectivity index (χ3n) is 3.95. The lowest BCUT2D eigenvalue weighted by Gasteiger charge is -2.13. The molecule has 0 saturated carbocycles. The minimum absolute atomic E-state index is 0.124. The summed E-state index contributed by atoms with van der Waals surface area (Å²) in [5.41, 5.74) is 2.80. The molecule has 0 fully saturated rings. The fraction of sp³-hybridized carbons (Fsp3) is 0.350. The van der Waals surface area contributed by atoms with E-state index in [-0.39, 0.29) is 5.91 Å². The summed E-state index contributed by atoms with van der Waals surface area (Å²) >= 11 is 6.13. The summed E-state index contributed by atoms with van der Waals surface area (Å²) in [6.07, 6.45) is 3.72. The van der Waals surface area contributed by atoms with Gasteiger partial charge in [-0.2, -0.15) is 0 Å². The molecule has 1 amide bonds. The SMILES string of the molecule is CCCCc1ccc(CC(=O)Nc2cc(Cl)c(OC)cc2OC)cc1. The van der Waals surface area contributed by atoms with Gasteiger partial charge in [0.2, 0.25) is 5.91 Å². The Kier molecular flexibility index (Phi) is 7.14. The maximum Gasteiger partial charge on any atom is 0.228 e. The Balaban J connectivity index is 2.03. The van der Waals surface area contributed by atoms with Crippen molar-refractivity contribution in [3.8, 4) is 11.5 Å².